The first-order chi connectivity index (χ1) is 7.22. The van der Waals surface area contributed by atoms with Crippen molar-refractivity contribution in [2.75, 3.05) is 19.0 Å². The summed E-state index contributed by atoms with van der Waals surface area (Å²) >= 11 is 0. The molecule has 2 N–H and O–H groups in total. The normalized spacial score (nSPS) is 11.6. The summed E-state index contributed by atoms with van der Waals surface area (Å²) in [6.07, 6.45) is 0. The van der Waals surface area contributed by atoms with Gasteiger partial charge in [0.15, 0.2) is 11.6 Å². The van der Waals surface area contributed by atoms with E-state index in [0.717, 1.165) is 6.07 Å². The average molecular weight is 250 g/mol. The van der Waals surface area contributed by atoms with Crippen molar-refractivity contribution in [3.8, 4) is 0 Å². The van der Waals surface area contributed by atoms with Crippen molar-refractivity contribution in [2.24, 2.45) is 5.14 Å². The van der Waals surface area contributed by atoms with Crippen LogP contribution in [0.1, 0.15) is 5.56 Å². The molecule has 0 heterocycles. The monoisotopic (exact) mass is 250 g/mol. The summed E-state index contributed by atoms with van der Waals surface area (Å²) in [6, 6.07) is 2.08. The third kappa shape index (κ3) is 2.89. The summed E-state index contributed by atoms with van der Waals surface area (Å²) in [6.45, 7) is 0. The van der Waals surface area contributed by atoms with Crippen molar-refractivity contribution in [3.05, 3.63) is 29.3 Å². The van der Waals surface area contributed by atoms with Crippen LogP contribution in [0.4, 0.5) is 14.5 Å². The van der Waals surface area contributed by atoms with Crippen LogP contribution in [0, 0.1) is 11.6 Å². The molecule has 0 amide bonds. The molecule has 1 aromatic carbocycles. The zero-order valence-corrected chi connectivity index (χ0v) is 9.68. The Morgan fingerprint density at radius 2 is 1.88 bits per heavy atom. The fourth-order valence-corrected chi connectivity index (χ4v) is 2.06. The lowest BCUT2D eigenvalue weighted by Crippen LogP contribution is -2.19. The van der Waals surface area contributed by atoms with Gasteiger partial charge in [-0.3, -0.25) is 0 Å². The van der Waals surface area contributed by atoms with E-state index in [1.165, 1.54) is 25.1 Å². The number of benzene rings is 1. The quantitative estimate of drug-likeness (QED) is 0.863. The molecule has 16 heavy (non-hydrogen) atoms. The van der Waals surface area contributed by atoms with Gasteiger partial charge in [0.25, 0.3) is 0 Å². The van der Waals surface area contributed by atoms with E-state index in [1.807, 2.05) is 0 Å². The van der Waals surface area contributed by atoms with Gasteiger partial charge in [-0.15, -0.1) is 0 Å². The van der Waals surface area contributed by atoms with Gasteiger partial charge in [0.1, 0.15) is 0 Å². The second-order valence-electron chi connectivity index (χ2n) is 3.57. The maximum Gasteiger partial charge on any atom is 0.213 e. The lowest BCUT2D eigenvalue weighted by atomic mass is 10.1. The molecule has 7 heteroatoms. The highest BCUT2D eigenvalue weighted by Gasteiger charge is 2.18. The second kappa shape index (κ2) is 4.34. The number of anilines is 1. The van der Waals surface area contributed by atoms with Crippen LogP contribution in [-0.4, -0.2) is 22.5 Å². The van der Waals surface area contributed by atoms with Gasteiger partial charge in [0.05, 0.1) is 11.4 Å². The summed E-state index contributed by atoms with van der Waals surface area (Å²) in [4.78, 5) is 1.30. The highest BCUT2D eigenvalue weighted by atomic mass is 32.2. The summed E-state index contributed by atoms with van der Waals surface area (Å²) in [5.41, 5.74) is 0.0282. The lowest BCUT2D eigenvalue weighted by Gasteiger charge is -2.18. The molecule has 0 aliphatic rings. The summed E-state index contributed by atoms with van der Waals surface area (Å²) in [7, 11) is -0.797. The zero-order valence-electron chi connectivity index (χ0n) is 8.87. The number of nitrogens with two attached hydrogens (primary N) is 1. The molecule has 0 spiro atoms. The molecule has 90 valence electrons. The van der Waals surface area contributed by atoms with Gasteiger partial charge in [-0.25, -0.2) is 22.3 Å². The molecular formula is C9H12F2N2O2S. The Morgan fingerprint density at radius 3 is 2.31 bits per heavy atom. The fraction of sp³-hybridized carbons (Fsp3) is 0.333. The second-order valence-corrected chi connectivity index (χ2v) is 5.19. The van der Waals surface area contributed by atoms with Crippen molar-refractivity contribution in [3.63, 3.8) is 0 Å². The Hall–Kier alpha value is -1.21. The molecule has 0 saturated heterocycles. The Bertz CT molecular complexity index is 500. The van der Waals surface area contributed by atoms with E-state index in [2.05, 4.69) is 0 Å². The Morgan fingerprint density at radius 1 is 1.31 bits per heavy atom. The van der Waals surface area contributed by atoms with Crippen LogP contribution in [0.2, 0.25) is 0 Å². The summed E-state index contributed by atoms with van der Waals surface area (Å²) in [5.74, 6) is -2.63. The lowest BCUT2D eigenvalue weighted by molar-refractivity contribution is 0.507. The van der Waals surface area contributed by atoms with Crippen molar-refractivity contribution in [1.82, 2.24) is 0 Å². The zero-order chi connectivity index (χ0) is 12.5. The molecule has 1 rings (SSSR count). The Labute approximate surface area is 92.7 Å². The SMILES string of the molecule is CN(C)c1c(CS(N)(=O)=O)ccc(F)c1F. The predicted molar refractivity (Wildman–Crippen MR) is 57.5 cm³/mol. The fourth-order valence-electron chi connectivity index (χ4n) is 1.40. The first kappa shape index (κ1) is 12.9. The molecule has 0 atom stereocenters. The van der Waals surface area contributed by atoms with E-state index in [4.69, 9.17) is 5.14 Å². The van der Waals surface area contributed by atoms with Crippen molar-refractivity contribution < 1.29 is 17.2 Å². The molecule has 0 bridgehead atoms. The molecule has 0 aliphatic carbocycles. The number of sulfonamides is 1. The van der Waals surface area contributed by atoms with E-state index in [9.17, 15) is 17.2 Å². The number of halogens is 2. The standard InChI is InChI=1S/C9H12F2N2O2S/c1-13(2)9-6(5-16(12,14)15)3-4-7(10)8(9)11/h3-4H,5H2,1-2H3,(H2,12,14,15). The van der Waals surface area contributed by atoms with Gasteiger partial charge >= 0.3 is 0 Å². The van der Waals surface area contributed by atoms with E-state index >= 15 is 0 Å². The van der Waals surface area contributed by atoms with Crippen molar-refractivity contribution in [1.29, 1.82) is 0 Å². The van der Waals surface area contributed by atoms with Crippen molar-refractivity contribution in [2.45, 2.75) is 5.75 Å². The maximum atomic E-state index is 13.4. The van der Waals surface area contributed by atoms with E-state index in [1.54, 1.807) is 0 Å². The minimum Gasteiger partial charge on any atom is -0.375 e. The number of hydrogen-bond acceptors (Lipinski definition) is 3. The van der Waals surface area contributed by atoms with Gasteiger partial charge in [-0.2, -0.15) is 0 Å². The van der Waals surface area contributed by atoms with Crippen LogP contribution < -0.4 is 10.0 Å². The molecule has 0 fully saturated rings. The smallest absolute Gasteiger partial charge is 0.213 e. The topological polar surface area (TPSA) is 63.4 Å². The van der Waals surface area contributed by atoms with Crippen LogP contribution in [0.15, 0.2) is 12.1 Å². The van der Waals surface area contributed by atoms with Gasteiger partial charge in [-0.05, 0) is 11.6 Å². The van der Waals surface area contributed by atoms with E-state index in [0.29, 0.717) is 0 Å². The Balaban J connectivity index is 3.35. The first-order valence-electron chi connectivity index (χ1n) is 4.37. The minimum absolute atomic E-state index is 0.103. The molecular weight excluding hydrogens is 238 g/mol. The number of hydrogen-bond donors (Lipinski definition) is 1. The largest absolute Gasteiger partial charge is 0.375 e. The third-order valence-electron chi connectivity index (χ3n) is 1.96. The predicted octanol–water partition coefficient (Wildman–Crippen LogP) is 0.819. The Kier molecular flexibility index (Phi) is 3.49. The van der Waals surface area contributed by atoms with Gasteiger partial charge in [0, 0.05) is 14.1 Å². The minimum atomic E-state index is -3.78. The molecule has 0 aromatic heterocycles. The van der Waals surface area contributed by atoms with E-state index < -0.39 is 27.4 Å². The molecule has 0 saturated carbocycles. The van der Waals surface area contributed by atoms with Crippen LogP contribution in [0.25, 0.3) is 0 Å². The highest BCUT2D eigenvalue weighted by Crippen LogP contribution is 2.26. The summed E-state index contributed by atoms with van der Waals surface area (Å²) in [5, 5.41) is 4.86. The summed E-state index contributed by atoms with van der Waals surface area (Å²) < 4.78 is 48.2. The average Bonchev–Trinajstić information content (AvgIpc) is 2.08. The van der Waals surface area contributed by atoms with Gasteiger partial charge in [0.2, 0.25) is 10.0 Å². The highest BCUT2D eigenvalue weighted by molar-refractivity contribution is 7.88. The number of primary sulfonamides is 1. The molecule has 0 aliphatic heterocycles. The molecule has 4 nitrogen and oxygen atoms in total. The van der Waals surface area contributed by atoms with Crippen molar-refractivity contribution >= 4 is 15.7 Å². The number of rotatable bonds is 3. The molecule has 0 radical (unpaired) electrons. The number of nitrogens with zero attached hydrogens (tertiary/aromatic N) is 1. The van der Waals surface area contributed by atoms with Crippen LogP contribution in [0.5, 0.6) is 0 Å². The molecule has 0 unspecified atom stereocenters. The van der Waals surface area contributed by atoms with Crippen LogP contribution in [-0.2, 0) is 15.8 Å². The van der Waals surface area contributed by atoms with E-state index in [-0.39, 0.29) is 11.3 Å². The first-order valence-corrected chi connectivity index (χ1v) is 6.08. The van der Waals surface area contributed by atoms with Gasteiger partial charge in [-0.1, -0.05) is 6.07 Å². The maximum absolute atomic E-state index is 13.4. The third-order valence-corrected chi connectivity index (χ3v) is 2.67. The van der Waals surface area contributed by atoms with Gasteiger partial charge < -0.3 is 4.90 Å². The van der Waals surface area contributed by atoms with Crippen LogP contribution >= 0.6 is 0 Å². The van der Waals surface area contributed by atoms with Crippen LogP contribution in [0.3, 0.4) is 0 Å². The molecule has 1 aromatic rings.